The maximum absolute atomic E-state index is 13.0. The van der Waals surface area contributed by atoms with Crippen LogP contribution in [0.1, 0.15) is 57.7 Å². The topological polar surface area (TPSA) is 137 Å². The van der Waals surface area contributed by atoms with Gasteiger partial charge < -0.3 is 15.4 Å². The summed E-state index contributed by atoms with van der Waals surface area (Å²) in [6.07, 6.45) is 7.23. The first-order valence-electron chi connectivity index (χ1n) is 11.0. The second-order valence-corrected chi connectivity index (χ2v) is 8.07. The summed E-state index contributed by atoms with van der Waals surface area (Å²) in [6, 6.07) is 9.08. The van der Waals surface area contributed by atoms with Crippen LogP contribution in [0, 0.1) is 30.6 Å². The minimum Gasteiger partial charge on any atom is -0.360 e. The monoisotopic (exact) mass is 455 g/mol. The van der Waals surface area contributed by atoms with E-state index in [0.717, 1.165) is 30.5 Å². The fourth-order valence-electron chi connectivity index (χ4n) is 3.79. The summed E-state index contributed by atoms with van der Waals surface area (Å²) in [7, 11) is 0. The normalized spacial score (nSPS) is 15.3. The Hall–Kier alpha value is -4.16. The zero-order valence-corrected chi connectivity index (χ0v) is 19.1. The van der Waals surface area contributed by atoms with Crippen molar-refractivity contribution in [1.82, 2.24) is 15.0 Å². The molecule has 1 saturated heterocycles. The first-order chi connectivity index (χ1) is 16.5. The largest absolute Gasteiger partial charge is 0.360 e. The van der Waals surface area contributed by atoms with Gasteiger partial charge in [-0.3, -0.25) is 10.2 Å². The maximum Gasteiger partial charge on any atom is 0.274 e. The summed E-state index contributed by atoms with van der Waals surface area (Å²) in [5.74, 6) is -0.388. The van der Waals surface area contributed by atoms with Crippen LogP contribution in [0.3, 0.4) is 0 Å². The van der Waals surface area contributed by atoms with Crippen LogP contribution in [0.25, 0.3) is 0 Å². The number of nitrogens with one attached hydrogen (secondary N) is 3. The van der Waals surface area contributed by atoms with E-state index in [1.807, 2.05) is 6.07 Å². The molecule has 1 aromatic carbocycles. The van der Waals surface area contributed by atoms with Crippen LogP contribution in [0.4, 0.5) is 11.4 Å². The molecule has 4 rings (SSSR count). The summed E-state index contributed by atoms with van der Waals surface area (Å²) in [5.41, 5.74) is 4.53. The number of amides is 1. The van der Waals surface area contributed by atoms with Gasteiger partial charge in [0.25, 0.3) is 5.91 Å². The second kappa shape index (κ2) is 10.2. The quantitative estimate of drug-likeness (QED) is 0.478. The Kier molecular flexibility index (Phi) is 6.90. The van der Waals surface area contributed by atoms with Gasteiger partial charge in [0.15, 0.2) is 0 Å². The van der Waals surface area contributed by atoms with Crippen molar-refractivity contribution in [3.8, 4) is 6.07 Å². The van der Waals surface area contributed by atoms with Gasteiger partial charge >= 0.3 is 0 Å². The lowest BCUT2D eigenvalue weighted by Gasteiger charge is -2.26. The Morgan fingerprint density at radius 1 is 1.21 bits per heavy atom. The van der Waals surface area contributed by atoms with Gasteiger partial charge in [-0.2, -0.15) is 5.26 Å². The number of pyridine rings is 1. The van der Waals surface area contributed by atoms with Gasteiger partial charge in [0.2, 0.25) is 0 Å². The number of hydrogen-bond donors (Lipinski definition) is 3. The first kappa shape index (κ1) is 23.0. The van der Waals surface area contributed by atoms with Gasteiger partial charge in [-0.05, 0) is 68.5 Å². The number of aromatic nitrogens is 3. The van der Waals surface area contributed by atoms with Crippen LogP contribution in [0.15, 0.2) is 43.0 Å². The average Bonchev–Trinajstić information content (AvgIpc) is 2.87. The lowest BCUT2D eigenvalue weighted by Crippen LogP contribution is -2.28. The molecule has 9 heteroatoms. The average molecular weight is 456 g/mol. The highest BCUT2D eigenvalue weighted by Crippen LogP contribution is 2.26. The fourth-order valence-corrected chi connectivity index (χ4v) is 3.79. The number of hydrogen-bond acceptors (Lipinski definition) is 8. The van der Waals surface area contributed by atoms with Crippen LogP contribution >= 0.6 is 0 Å². The summed E-state index contributed by atoms with van der Waals surface area (Å²) in [6.45, 7) is 4.26. The lowest BCUT2D eigenvalue weighted by molar-refractivity contribution is 0.0343. The van der Waals surface area contributed by atoms with Crippen molar-refractivity contribution in [3.05, 3.63) is 76.6 Å². The van der Waals surface area contributed by atoms with E-state index in [4.69, 9.17) is 10.1 Å². The number of ether oxygens (including phenoxy) is 1. The smallest absolute Gasteiger partial charge is 0.274 e. The first-order valence-corrected chi connectivity index (χ1v) is 11.0. The van der Waals surface area contributed by atoms with Crippen LogP contribution in [-0.4, -0.2) is 39.4 Å². The van der Waals surface area contributed by atoms with Crippen LogP contribution in [-0.2, 0) is 4.74 Å². The third-order valence-electron chi connectivity index (χ3n) is 5.86. The summed E-state index contributed by atoms with van der Waals surface area (Å²) in [5, 5.41) is 24.2. The number of nitriles is 1. The Morgan fingerprint density at radius 2 is 2.06 bits per heavy atom. The predicted molar refractivity (Wildman–Crippen MR) is 128 cm³/mol. The van der Waals surface area contributed by atoms with E-state index in [1.165, 1.54) is 12.5 Å². The van der Waals surface area contributed by atoms with Crippen molar-refractivity contribution in [2.45, 2.75) is 39.3 Å². The zero-order chi connectivity index (χ0) is 24.1. The SMILES string of the molecule is Cc1c(C#N)cnc(C(=O)Nc2ccc(NC3CCCCO3)c(C(=N)c3ccncn3)c2)c1C. The zero-order valence-electron chi connectivity index (χ0n) is 19.1. The Morgan fingerprint density at radius 3 is 2.76 bits per heavy atom. The molecule has 1 aliphatic heterocycles. The third kappa shape index (κ3) is 4.92. The third-order valence-corrected chi connectivity index (χ3v) is 5.86. The molecular formula is C25H25N7O2. The standard InChI is InChI=1S/C25H25N7O2/c1-15-16(2)24(29-13-17(15)12-26)25(33)31-18-6-7-20(32-22-5-3-4-10-34-22)19(11-18)23(27)21-8-9-28-14-30-21/h6-9,11,13-14,22,27,32H,3-5,10H2,1-2H3,(H,31,33). The molecule has 0 radical (unpaired) electrons. The van der Waals surface area contributed by atoms with E-state index >= 15 is 0 Å². The molecule has 1 atom stereocenters. The summed E-state index contributed by atoms with van der Waals surface area (Å²) >= 11 is 0. The number of anilines is 2. The van der Waals surface area contributed by atoms with Gasteiger partial charge in [0.1, 0.15) is 24.3 Å². The van der Waals surface area contributed by atoms with Gasteiger partial charge in [-0.25, -0.2) is 15.0 Å². The molecule has 172 valence electrons. The molecule has 9 nitrogen and oxygen atoms in total. The van der Waals surface area contributed by atoms with E-state index in [-0.39, 0.29) is 23.5 Å². The summed E-state index contributed by atoms with van der Waals surface area (Å²) in [4.78, 5) is 25.3. The number of benzene rings is 1. The Bertz CT molecular complexity index is 1260. The molecular weight excluding hydrogens is 430 g/mol. The van der Waals surface area contributed by atoms with E-state index in [1.54, 1.807) is 38.2 Å². The molecule has 0 aliphatic carbocycles. The molecule has 34 heavy (non-hydrogen) atoms. The highest BCUT2D eigenvalue weighted by Gasteiger charge is 2.20. The van der Waals surface area contributed by atoms with E-state index in [0.29, 0.717) is 34.7 Å². The van der Waals surface area contributed by atoms with Gasteiger partial charge in [0.05, 0.1) is 17.0 Å². The van der Waals surface area contributed by atoms with Crippen molar-refractivity contribution in [2.24, 2.45) is 0 Å². The molecule has 0 saturated carbocycles. The Balaban J connectivity index is 1.64. The van der Waals surface area contributed by atoms with Crippen LogP contribution in [0.5, 0.6) is 0 Å². The van der Waals surface area contributed by atoms with E-state index < -0.39 is 0 Å². The molecule has 2 aromatic heterocycles. The molecule has 1 aliphatic rings. The molecule has 3 N–H and O–H groups in total. The second-order valence-electron chi connectivity index (χ2n) is 8.07. The maximum atomic E-state index is 13.0. The number of carbonyl (C=O) groups is 1. The molecule has 0 bridgehead atoms. The highest BCUT2D eigenvalue weighted by atomic mass is 16.5. The van der Waals surface area contributed by atoms with Crippen molar-refractivity contribution in [3.63, 3.8) is 0 Å². The minimum absolute atomic E-state index is 0.139. The molecule has 1 amide bonds. The number of nitrogens with zero attached hydrogens (tertiary/aromatic N) is 4. The minimum atomic E-state index is -0.388. The highest BCUT2D eigenvalue weighted by molar-refractivity contribution is 6.14. The fraction of sp³-hybridized carbons (Fsp3) is 0.280. The van der Waals surface area contributed by atoms with Crippen molar-refractivity contribution < 1.29 is 9.53 Å². The van der Waals surface area contributed by atoms with Crippen LogP contribution in [0.2, 0.25) is 0 Å². The van der Waals surface area contributed by atoms with Crippen LogP contribution < -0.4 is 10.6 Å². The molecule has 0 spiro atoms. The predicted octanol–water partition coefficient (Wildman–Crippen LogP) is 3.97. The summed E-state index contributed by atoms with van der Waals surface area (Å²) < 4.78 is 5.81. The Labute approximate surface area is 197 Å². The molecule has 3 aromatic rings. The van der Waals surface area contributed by atoms with Gasteiger partial charge in [-0.15, -0.1) is 0 Å². The number of carbonyl (C=O) groups excluding carboxylic acids is 1. The van der Waals surface area contributed by atoms with Crippen molar-refractivity contribution >= 4 is 23.0 Å². The molecule has 3 heterocycles. The molecule has 1 unspecified atom stereocenters. The van der Waals surface area contributed by atoms with Crippen molar-refractivity contribution in [1.29, 1.82) is 10.7 Å². The van der Waals surface area contributed by atoms with E-state index in [9.17, 15) is 10.1 Å². The van der Waals surface area contributed by atoms with Gasteiger partial charge in [-0.1, -0.05) is 0 Å². The van der Waals surface area contributed by atoms with Crippen molar-refractivity contribution in [2.75, 3.05) is 17.2 Å². The lowest BCUT2D eigenvalue weighted by atomic mass is 10.0. The van der Waals surface area contributed by atoms with Gasteiger partial charge in [0, 0.05) is 35.9 Å². The molecule has 1 fully saturated rings. The number of rotatable bonds is 6. The van der Waals surface area contributed by atoms with E-state index in [2.05, 4.69) is 31.7 Å².